The van der Waals surface area contributed by atoms with Gasteiger partial charge >= 0.3 is 65.2 Å². The Hall–Kier alpha value is -0.183. The summed E-state index contributed by atoms with van der Waals surface area (Å²) in [6.45, 7) is 2.05. The molecule has 0 radical (unpaired) electrons. The number of hydrogen-bond donors (Lipinski definition) is 0. The van der Waals surface area contributed by atoms with Gasteiger partial charge in [0.15, 0.2) is 0 Å². The zero-order chi connectivity index (χ0) is 6.69. The molecule has 0 aliphatic heterocycles. The van der Waals surface area contributed by atoms with Gasteiger partial charge in [-0.2, -0.15) is 0 Å². The van der Waals surface area contributed by atoms with E-state index in [1.807, 2.05) is 6.92 Å². The van der Waals surface area contributed by atoms with Gasteiger partial charge in [-0.15, -0.1) is 0 Å². The van der Waals surface area contributed by atoms with E-state index in [1.54, 1.807) is 0 Å². The summed E-state index contributed by atoms with van der Waals surface area (Å²) in [6.07, 6.45) is 9.74. The third kappa shape index (κ3) is 1.61. The van der Waals surface area contributed by atoms with E-state index in [1.165, 1.54) is 9.82 Å². The first-order valence-electron chi connectivity index (χ1n) is 3.33. The first-order valence-corrected chi connectivity index (χ1v) is 3.33. The predicted octanol–water partition coefficient (Wildman–Crippen LogP) is 1.95. The summed E-state index contributed by atoms with van der Waals surface area (Å²) in [5.74, 6) is 0. The molecule has 0 aromatic heterocycles. The number of allylic oxidation sites excluding steroid dienone is 6. The van der Waals surface area contributed by atoms with Gasteiger partial charge in [-0.05, 0) is 0 Å². The van der Waals surface area contributed by atoms with E-state index in [4.69, 9.17) is 0 Å². The Bertz CT molecular complexity index is 185. The van der Waals surface area contributed by atoms with Crippen LogP contribution >= 0.6 is 0 Å². The Morgan fingerprint density at radius 1 is 1.67 bits per heavy atom. The van der Waals surface area contributed by atoms with Gasteiger partial charge in [0.1, 0.15) is 0 Å². The molecule has 1 aliphatic carbocycles. The number of hydrogen-bond acceptors (Lipinski definition) is 0. The molecular weight excluding hydrogens is 103 g/mol. The third-order valence-electron chi connectivity index (χ3n) is 1.56. The van der Waals surface area contributed by atoms with E-state index in [0.717, 1.165) is 6.42 Å². The van der Waals surface area contributed by atoms with Crippen LogP contribution < -0.4 is 0 Å². The molecule has 0 aromatic carbocycles. The summed E-state index contributed by atoms with van der Waals surface area (Å²) >= 11 is 2.18. The summed E-state index contributed by atoms with van der Waals surface area (Å²) in [6, 6.07) is 0. The molecule has 1 aliphatic rings. The summed E-state index contributed by atoms with van der Waals surface area (Å²) in [7, 11) is 0. The molecule has 0 spiro atoms. The summed E-state index contributed by atoms with van der Waals surface area (Å²) < 4.78 is 1.48. The van der Waals surface area contributed by atoms with Crippen molar-refractivity contribution in [3.63, 3.8) is 0 Å². The molecule has 0 nitrogen and oxygen atoms in total. The minimum absolute atomic E-state index is 1.14. The van der Waals surface area contributed by atoms with Gasteiger partial charge in [-0.3, -0.25) is 0 Å². The molecule has 9 heavy (non-hydrogen) atoms. The van der Waals surface area contributed by atoms with E-state index >= 15 is 0 Å². The Morgan fingerprint density at radius 2 is 2.44 bits per heavy atom. The van der Waals surface area contributed by atoms with Crippen molar-refractivity contribution < 1.29 is 0 Å². The Balaban J connectivity index is 2.77. The van der Waals surface area contributed by atoms with E-state index in [0.29, 0.717) is 0 Å². The Kier molecular flexibility index (Phi) is 2.39. The molecule has 0 N–H and O–H groups in total. The van der Waals surface area contributed by atoms with Crippen LogP contribution in [0, 0.1) is 0 Å². The molecule has 0 atom stereocenters. The summed E-state index contributed by atoms with van der Waals surface area (Å²) in [5, 5.41) is 0. The van der Waals surface area contributed by atoms with Crippen molar-refractivity contribution >= 4 is 17.7 Å². The van der Waals surface area contributed by atoms with Crippen LogP contribution in [-0.2, 0) is 0 Å². The molecule has 0 saturated carbocycles. The van der Waals surface area contributed by atoms with Crippen LogP contribution in [0.25, 0.3) is 0 Å². The quantitative estimate of drug-likeness (QED) is 0.455. The SMILES string of the molecule is [Li][C]1=C(/C=C\C)C=CC1. The number of rotatable bonds is 1. The fourth-order valence-electron chi connectivity index (χ4n) is 1.00. The van der Waals surface area contributed by atoms with E-state index < -0.39 is 0 Å². The molecule has 0 aromatic rings. The fraction of sp³-hybridized carbons (Fsp3) is 0.250. The maximum absolute atomic E-state index is 2.20. The van der Waals surface area contributed by atoms with Crippen molar-refractivity contribution in [3.8, 4) is 0 Å². The van der Waals surface area contributed by atoms with Crippen LogP contribution in [0.1, 0.15) is 13.3 Å². The second-order valence-electron chi connectivity index (χ2n) is 2.34. The monoisotopic (exact) mass is 112 g/mol. The van der Waals surface area contributed by atoms with Crippen LogP contribution in [0.5, 0.6) is 0 Å². The second-order valence-corrected chi connectivity index (χ2v) is 2.34. The zero-order valence-corrected chi connectivity index (χ0v) is 6.02. The summed E-state index contributed by atoms with van der Waals surface area (Å²) in [5.41, 5.74) is 1.39. The van der Waals surface area contributed by atoms with Crippen molar-refractivity contribution in [1.29, 1.82) is 0 Å². The van der Waals surface area contributed by atoms with Gasteiger partial charge in [0.05, 0.1) is 0 Å². The molecule has 0 saturated heterocycles. The van der Waals surface area contributed by atoms with Crippen LogP contribution in [-0.4, -0.2) is 17.7 Å². The molecule has 1 rings (SSSR count). The molecule has 1 heteroatoms. The van der Waals surface area contributed by atoms with Gasteiger partial charge in [0, 0.05) is 0 Å². The van der Waals surface area contributed by atoms with Gasteiger partial charge in [-0.25, -0.2) is 0 Å². The van der Waals surface area contributed by atoms with Gasteiger partial charge in [-0.1, -0.05) is 0 Å². The van der Waals surface area contributed by atoms with Gasteiger partial charge in [0.25, 0.3) is 0 Å². The molecule has 0 unspecified atom stereocenters. The van der Waals surface area contributed by atoms with E-state index in [2.05, 4.69) is 42.0 Å². The van der Waals surface area contributed by atoms with Crippen molar-refractivity contribution in [1.82, 2.24) is 0 Å². The molecule has 42 valence electrons. The average molecular weight is 112 g/mol. The first kappa shape index (κ1) is 6.93. The zero-order valence-electron chi connectivity index (χ0n) is 6.02. The molecule has 0 bridgehead atoms. The molecule has 0 fully saturated rings. The predicted molar refractivity (Wildman–Crippen MR) is 41.4 cm³/mol. The maximum atomic E-state index is 2.20. The first-order chi connectivity index (χ1) is 4.34. The topological polar surface area (TPSA) is 0 Å². The van der Waals surface area contributed by atoms with Crippen LogP contribution in [0.4, 0.5) is 0 Å². The summed E-state index contributed by atoms with van der Waals surface area (Å²) in [4.78, 5) is 0. The normalized spacial score (nSPS) is 18.6. The standard InChI is InChI=1S/C8H9.Li/c1-2-5-8-6-3-4-7-8;/h2-3,5-6H,4H2,1H3;/b5-2-;. The Labute approximate surface area is 65.5 Å². The van der Waals surface area contributed by atoms with Crippen molar-refractivity contribution in [2.24, 2.45) is 0 Å². The molecular formula is C8H9Li. The van der Waals surface area contributed by atoms with E-state index in [9.17, 15) is 0 Å². The third-order valence-corrected chi connectivity index (χ3v) is 1.56. The molecule has 0 amide bonds. The second kappa shape index (κ2) is 3.10. The van der Waals surface area contributed by atoms with Gasteiger partial charge < -0.3 is 0 Å². The Morgan fingerprint density at radius 3 is 2.89 bits per heavy atom. The average Bonchev–Trinajstić information content (AvgIpc) is 2.18. The van der Waals surface area contributed by atoms with Crippen LogP contribution in [0.15, 0.2) is 34.1 Å². The van der Waals surface area contributed by atoms with Gasteiger partial charge in [0.2, 0.25) is 0 Å². The molecule has 0 heterocycles. The van der Waals surface area contributed by atoms with Crippen molar-refractivity contribution in [2.45, 2.75) is 13.3 Å². The van der Waals surface area contributed by atoms with Crippen molar-refractivity contribution in [3.05, 3.63) is 34.1 Å². The van der Waals surface area contributed by atoms with Crippen molar-refractivity contribution in [2.75, 3.05) is 0 Å². The van der Waals surface area contributed by atoms with Crippen LogP contribution in [0.2, 0.25) is 0 Å². The van der Waals surface area contributed by atoms with Crippen LogP contribution in [0.3, 0.4) is 0 Å². The minimum atomic E-state index is 1.14. The fourth-order valence-corrected chi connectivity index (χ4v) is 1.00. The van der Waals surface area contributed by atoms with E-state index in [-0.39, 0.29) is 0 Å².